The number of hydrogen-bond acceptors (Lipinski definition) is 4. The van der Waals surface area contributed by atoms with Crippen LogP contribution in [0.3, 0.4) is 0 Å². The molecular formula is C17H17ClN2O3. The highest BCUT2D eigenvalue weighted by molar-refractivity contribution is 6.31. The molecule has 6 heteroatoms. The Kier molecular flexibility index (Phi) is 4.76. The van der Waals surface area contributed by atoms with Crippen LogP contribution in [0.2, 0.25) is 5.02 Å². The zero-order chi connectivity index (χ0) is 16.2. The van der Waals surface area contributed by atoms with Crippen LogP contribution < -0.4 is 0 Å². The molecule has 1 heterocycles. The maximum atomic E-state index is 12.1. The van der Waals surface area contributed by atoms with E-state index in [-0.39, 0.29) is 5.78 Å². The van der Waals surface area contributed by atoms with E-state index in [1.54, 1.807) is 10.9 Å². The van der Waals surface area contributed by atoms with Crippen molar-refractivity contribution in [3.8, 4) is 0 Å². The molecule has 1 aromatic carbocycles. The van der Waals surface area contributed by atoms with Crippen molar-refractivity contribution in [2.75, 3.05) is 0 Å². The first kappa shape index (κ1) is 15.7. The molecule has 0 N–H and O–H groups in total. The van der Waals surface area contributed by atoms with Crippen LogP contribution in [0.15, 0.2) is 36.7 Å². The van der Waals surface area contributed by atoms with Crippen molar-refractivity contribution in [3.63, 3.8) is 0 Å². The highest BCUT2D eigenvalue weighted by atomic mass is 35.5. The average Bonchev–Trinajstić information content (AvgIpc) is 3.01. The molecule has 1 unspecified atom stereocenters. The zero-order valence-electron chi connectivity index (χ0n) is 12.6. The Morgan fingerprint density at radius 1 is 1.35 bits per heavy atom. The number of ketones is 1. The second kappa shape index (κ2) is 6.96. The summed E-state index contributed by atoms with van der Waals surface area (Å²) in [7, 11) is 0. The molecule has 3 rings (SSSR count). The van der Waals surface area contributed by atoms with Gasteiger partial charge in [-0.2, -0.15) is 5.10 Å². The van der Waals surface area contributed by atoms with E-state index in [4.69, 9.17) is 16.3 Å². The molecule has 0 saturated heterocycles. The van der Waals surface area contributed by atoms with Crippen LogP contribution in [0, 0.1) is 0 Å². The van der Waals surface area contributed by atoms with Crippen LogP contribution >= 0.6 is 11.6 Å². The minimum absolute atomic E-state index is 0.00746. The lowest BCUT2D eigenvalue weighted by atomic mass is 9.96. The Hall–Kier alpha value is -2.14. The molecule has 0 amide bonds. The summed E-state index contributed by atoms with van der Waals surface area (Å²) in [5.41, 5.74) is 1.26. The topological polar surface area (TPSA) is 61.2 Å². The van der Waals surface area contributed by atoms with Crippen molar-refractivity contribution < 1.29 is 14.3 Å². The van der Waals surface area contributed by atoms with Gasteiger partial charge in [0, 0.05) is 17.6 Å². The number of halogens is 1. The quantitative estimate of drug-likeness (QED) is 0.806. The van der Waals surface area contributed by atoms with E-state index >= 15 is 0 Å². The van der Waals surface area contributed by atoms with Crippen molar-refractivity contribution in [1.29, 1.82) is 0 Å². The van der Waals surface area contributed by atoms with Gasteiger partial charge in [-0.15, -0.1) is 0 Å². The molecule has 1 aliphatic carbocycles. The largest absolute Gasteiger partial charge is 0.451 e. The third-order valence-corrected chi connectivity index (χ3v) is 4.28. The molecule has 0 aliphatic heterocycles. The number of carbonyl (C=O) groups is 2. The summed E-state index contributed by atoms with van der Waals surface area (Å²) in [6.45, 7) is 0.468. The zero-order valence-corrected chi connectivity index (χ0v) is 13.3. The van der Waals surface area contributed by atoms with Crippen molar-refractivity contribution in [1.82, 2.24) is 9.78 Å². The Morgan fingerprint density at radius 2 is 2.17 bits per heavy atom. The first-order chi connectivity index (χ1) is 11.1. The van der Waals surface area contributed by atoms with E-state index < -0.39 is 12.1 Å². The normalized spacial score (nSPS) is 18.0. The van der Waals surface area contributed by atoms with Crippen LogP contribution in [0.1, 0.15) is 41.6 Å². The van der Waals surface area contributed by atoms with Crippen LogP contribution in [0.5, 0.6) is 0 Å². The first-order valence-corrected chi connectivity index (χ1v) is 8.01. The summed E-state index contributed by atoms with van der Waals surface area (Å²) < 4.78 is 6.93. The monoisotopic (exact) mass is 332 g/mol. The summed E-state index contributed by atoms with van der Waals surface area (Å²) >= 11 is 6.12. The van der Waals surface area contributed by atoms with Crippen molar-refractivity contribution in [2.24, 2.45) is 0 Å². The van der Waals surface area contributed by atoms with Crippen LogP contribution in [0.25, 0.3) is 0 Å². The first-order valence-electron chi connectivity index (χ1n) is 7.63. The van der Waals surface area contributed by atoms with Gasteiger partial charge in [-0.05, 0) is 30.9 Å². The van der Waals surface area contributed by atoms with Gasteiger partial charge in [0.2, 0.25) is 0 Å². The molecule has 1 fully saturated rings. The summed E-state index contributed by atoms with van der Waals surface area (Å²) in [6.07, 6.45) is 5.34. The number of benzene rings is 1. The number of aromatic nitrogens is 2. The third kappa shape index (κ3) is 3.79. The molecule has 1 aromatic heterocycles. The molecule has 120 valence electrons. The van der Waals surface area contributed by atoms with E-state index in [0.717, 1.165) is 18.4 Å². The summed E-state index contributed by atoms with van der Waals surface area (Å²) in [5, 5.41) is 4.81. The molecule has 0 spiro atoms. The number of rotatable bonds is 4. The second-order valence-corrected chi connectivity index (χ2v) is 6.03. The van der Waals surface area contributed by atoms with E-state index in [1.807, 2.05) is 24.3 Å². The van der Waals surface area contributed by atoms with Crippen molar-refractivity contribution in [2.45, 2.75) is 38.3 Å². The van der Waals surface area contributed by atoms with Crippen LogP contribution in [0.4, 0.5) is 0 Å². The number of nitrogens with zero attached hydrogens (tertiary/aromatic N) is 2. The van der Waals surface area contributed by atoms with Gasteiger partial charge in [0.05, 0.1) is 18.3 Å². The molecule has 1 aliphatic rings. The van der Waals surface area contributed by atoms with Gasteiger partial charge in [0.25, 0.3) is 0 Å². The van der Waals surface area contributed by atoms with E-state index in [0.29, 0.717) is 30.0 Å². The van der Waals surface area contributed by atoms with Crippen molar-refractivity contribution in [3.05, 3.63) is 52.8 Å². The van der Waals surface area contributed by atoms with Crippen LogP contribution in [-0.4, -0.2) is 27.6 Å². The predicted octanol–water partition coefficient (Wildman–Crippen LogP) is 3.25. The van der Waals surface area contributed by atoms with Gasteiger partial charge in [-0.3, -0.25) is 9.48 Å². The summed E-state index contributed by atoms with van der Waals surface area (Å²) in [4.78, 5) is 23.9. The van der Waals surface area contributed by atoms with Gasteiger partial charge in [-0.25, -0.2) is 4.79 Å². The van der Waals surface area contributed by atoms with E-state index in [2.05, 4.69) is 5.10 Å². The molecule has 0 bridgehead atoms. The molecule has 2 aromatic rings. The molecule has 5 nitrogen and oxygen atoms in total. The lowest BCUT2D eigenvalue weighted by Gasteiger charge is -2.20. The lowest BCUT2D eigenvalue weighted by Crippen LogP contribution is -2.30. The smallest absolute Gasteiger partial charge is 0.342 e. The SMILES string of the molecule is O=C(OC1CCCCC1=O)c1cnn(Cc2ccccc2Cl)c1. The van der Waals surface area contributed by atoms with Gasteiger partial charge in [0.1, 0.15) is 0 Å². The third-order valence-electron chi connectivity index (χ3n) is 3.91. The summed E-state index contributed by atoms with van der Waals surface area (Å²) in [6, 6.07) is 7.47. The Morgan fingerprint density at radius 3 is 2.96 bits per heavy atom. The highest BCUT2D eigenvalue weighted by Crippen LogP contribution is 2.19. The van der Waals surface area contributed by atoms with Gasteiger partial charge >= 0.3 is 5.97 Å². The lowest BCUT2D eigenvalue weighted by molar-refractivity contribution is -0.129. The number of esters is 1. The number of carbonyl (C=O) groups excluding carboxylic acids is 2. The van der Waals surface area contributed by atoms with E-state index in [9.17, 15) is 9.59 Å². The van der Waals surface area contributed by atoms with Gasteiger partial charge in [-0.1, -0.05) is 29.8 Å². The molecule has 1 saturated carbocycles. The molecule has 23 heavy (non-hydrogen) atoms. The summed E-state index contributed by atoms with van der Waals surface area (Å²) in [5.74, 6) is -0.497. The standard InChI is InChI=1S/C17H17ClN2O3/c18-14-6-2-1-5-12(14)10-20-11-13(9-19-20)17(22)23-16-8-4-3-7-15(16)21/h1-2,5-6,9,11,16H,3-4,7-8,10H2. The fourth-order valence-electron chi connectivity index (χ4n) is 2.63. The molecule has 0 radical (unpaired) electrons. The Balaban J connectivity index is 1.65. The van der Waals surface area contributed by atoms with Gasteiger partial charge in [0.15, 0.2) is 11.9 Å². The fourth-order valence-corrected chi connectivity index (χ4v) is 2.82. The Bertz CT molecular complexity index is 726. The highest BCUT2D eigenvalue weighted by Gasteiger charge is 2.26. The van der Waals surface area contributed by atoms with Crippen LogP contribution in [-0.2, 0) is 16.1 Å². The maximum absolute atomic E-state index is 12.1. The average molecular weight is 333 g/mol. The molecule has 1 atom stereocenters. The second-order valence-electron chi connectivity index (χ2n) is 5.62. The number of ether oxygens (including phenoxy) is 1. The van der Waals surface area contributed by atoms with Gasteiger partial charge < -0.3 is 4.74 Å². The maximum Gasteiger partial charge on any atom is 0.342 e. The minimum atomic E-state index is -0.608. The fraction of sp³-hybridized carbons (Fsp3) is 0.353. The number of Topliss-reactive ketones (excluding diaryl/α,β-unsaturated/α-hetero) is 1. The predicted molar refractivity (Wildman–Crippen MR) is 85.5 cm³/mol. The molecular weight excluding hydrogens is 316 g/mol. The number of hydrogen-bond donors (Lipinski definition) is 0. The van der Waals surface area contributed by atoms with E-state index in [1.165, 1.54) is 6.20 Å². The minimum Gasteiger partial charge on any atom is -0.451 e. The Labute approximate surface area is 139 Å². The van der Waals surface area contributed by atoms with Crippen molar-refractivity contribution >= 4 is 23.4 Å².